The van der Waals surface area contributed by atoms with Crippen molar-refractivity contribution in [2.45, 2.75) is 18.4 Å². The van der Waals surface area contributed by atoms with Crippen LogP contribution >= 0.6 is 15.9 Å². The SMILES string of the molecule is NNC(Cc1ccc(Br)cc1F)C1COc2ccccc21. The molecular weight excluding hydrogens is 335 g/mol. The Morgan fingerprint density at radius 1 is 1.33 bits per heavy atom. The molecule has 5 heteroatoms. The van der Waals surface area contributed by atoms with Crippen LogP contribution in [0.25, 0.3) is 0 Å². The van der Waals surface area contributed by atoms with E-state index in [0.717, 1.165) is 15.8 Å². The molecule has 3 rings (SSSR count). The van der Waals surface area contributed by atoms with Gasteiger partial charge in [-0.25, -0.2) is 4.39 Å². The molecule has 2 atom stereocenters. The normalized spacial score (nSPS) is 18.1. The summed E-state index contributed by atoms with van der Waals surface area (Å²) >= 11 is 3.27. The van der Waals surface area contributed by atoms with E-state index >= 15 is 0 Å². The van der Waals surface area contributed by atoms with Gasteiger partial charge in [0.05, 0.1) is 6.61 Å². The van der Waals surface area contributed by atoms with E-state index < -0.39 is 0 Å². The molecule has 21 heavy (non-hydrogen) atoms. The molecule has 2 aromatic rings. The van der Waals surface area contributed by atoms with Crippen LogP contribution in [0.5, 0.6) is 5.75 Å². The first kappa shape index (κ1) is 14.5. The van der Waals surface area contributed by atoms with E-state index in [1.54, 1.807) is 6.07 Å². The van der Waals surface area contributed by atoms with Gasteiger partial charge >= 0.3 is 0 Å². The van der Waals surface area contributed by atoms with Gasteiger partial charge in [-0.15, -0.1) is 0 Å². The van der Waals surface area contributed by atoms with Gasteiger partial charge in [0.15, 0.2) is 0 Å². The average Bonchev–Trinajstić information content (AvgIpc) is 2.91. The first-order valence-corrected chi connectivity index (χ1v) is 7.60. The van der Waals surface area contributed by atoms with Crippen LogP contribution in [0, 0.1) is 5.82 Å². The lowest BCUT2D eigenvalue weighted by atomic mass is 9.89. The summed E-state index contributed by atoms with van der Waals surface area (Å²) in [6.07, 6.45) is 0.512. The summed E-state index contributed by atoms with van der Waals surface area (Å²) in [7, 11) is 0. The van der Waals surface area contributed by atoms with Crippen molar-refractivity contribution in [3.05, 3.63) is 63.9 Å². The van der Waals surface area contributed by atoms with Crippen LogP contribution in [0.2, 0.25) is 0 Å². The Hall–Kier alpha value is -1.43. The molecule has 3 nitrogen and oxygen atoms in total. The third kappa shape index (κ3) is 2.95. The highest BCUT2D eigenvalue weighted by Crippen LogP contribution is 2.36. The number of halogens is 2. The molecule has 2 aromatic carbocycles. The second-order valence-electron chi connectivity index (χ2n) is 5.17. The molecule has 110 valence electrons. The number of benzene rings is 2. The van der Waals surface area contributed by atoms with Crippen molar-refractivity contribution in [3.8, 4) is 5.75 Å². The number of hydrogen-bond acceptors (Lipinski definition) is 3. The number of nitrogens with one attached hydrogen (secondary N) is 1. The lowest BCUT2D eigenvalue weighted by molar-refractivity contribution is 0.297. The van der Waals surface area contributed by atoms with Crippen LogP contribution in [0.4, 0.5) is 4.39 Å². The maximum atomic E-state index is 14.0. The second-order valence-corrected chi connectivity index (χ2v) is 6.08. The molecule has 1 aliphatic heterocycles. The molecule has 2 unspecified atom stereocenters. The van der Waals surface area contributed by atoms with Gasteiger partial charge in [0.2, 0.25) is 0 Å². The zero-order valence-corrected chi connectivity index (χ0v) is 12.9. The lowest BCUT2D eigenvalue weighted by Gasteiger charge is -2.22. The van der Waals surface area contributed by atoms with Crippen LogP contribution in [0.1, 0.15) is 17.0 Å². The zero-order valence-electron chi connectivity index (χ0n) is 11.4. The Morgan fingerprint density at radius 2 is 2.14 bits per heavy atom. The molecule has 0 fully saturated rings. The van der Waals surface area contributed by atoms with Crippen molar-refractivity contribution in [3.63, 3.8) is 0 Å². The Labute approximate surface area is 131 Å². The third-order valence-corrected chi connectivity index (χ3v) is 4.38. The van der Waals surface area contributed by atoms with Gasteiger partial charge in [0, 0.05) is 22.0 Å². The first-order valence-electron chi connectivity index (χ1n) is 6.81. The van der Waals surface area contributed by atoms with Gasteiger partial charge in [-0.3, -0.25) is 11.3 Å². The van der Waals surface area contributed by atoms with Crippen LogP contribution in [-0.2, 0) is 6.42 Å². The van der Waals surface area contributed by atoms with Crippen molar-refractivity contribution in [1.29, 1.82) is 0 Å². The van der Waals surface area contributed by atoms with E-state index in [1.807, 2.05) is 30.3 Å². The lowest BCUT2D eigenvalue weighted by Crippen LogP contribution is -2.42. The maximum absolute atomic E-state index is 14.0. The fourth-order valence-electron chi connectivity index (χ4n) is 2.76. The predicted molar refractivity (Wildman–Crippen MR) is 83.6 cm³/mol. The van der Waals surface area contributed by atoms with Crippen molar-refractivity contribution in [2.24, 2.45) is 5.84 Å². The molecule has 0 saturated heterocycles. The topological polar surface area (TPSA) is 47.3 Å². The molecule has 0 aliphatic carbocycles. The summed E-state index contributed by atoms with van der Waals surface area (Å²) in [4.78, 5) is 0. The maximum Gasteiger partial charge on any atom is 0.127 e. The largest absolute Gasteiger partial charge is 0.493 e. The van der Waals surface area contributed by atoms with E-state index in [9.17, 15) is 4.39 Å². The van der Waals surface area contributed by atoms with E-state index in [0.29, 0.717) is 18.6 Å². The fraction of sp³-hybridized carbons (Fsp3) is 0.250. The summed E-state index contributed by atoms with van der Waals surface area (Å²) < 4.78 is 20.4. The molecule has 1 aliphatic rings. The molecule has 0 aromatic heterocycles. The number of para-hydroxylation sites is 1. The number of hydrazine groups is 1. The van der Waals surface area contributed by atoms with E-state index in [-0.39, 0.29) is 17.8 Å². The van der Waals surface area contributed by atoms with E-state index in [4.69, 9.17) is 10.6 Å². The second kappa shape index (κ2) is 6.13. The average molecular weight is 351 g/mol. The molecular formula is C16H16BrFN2O. The number of rotatable bonds is 4. The highest BCUT2D eigenvalue weighted by molar-refractivity contribution is 9.10. The minimum Gasteiger partial charge on any atom is -0.493 e. The summed E-state index contributed by atoms with van der Waals surface area (Å²) in [5, 5.41) is 0. The summed E-state index contributed by atoms with van der Waals surface area (Å²) in [5.74, 6) is 6.48. The monoisotopic (exact) mass is 350 g/mol. The molecule has 0 saturated carbocycles. The van der Waals surface area contributed by atoms with Gasteiger partial charge in [-0.05, 0) is 30.2 Å². The standard InChI is InChI=1S/C16H16BrFN2O/c17-11-6-5-10(14(18)8-11)7-15(20-19)13-9-21-16-4-2-1-3-12(13)16/h1-6,8,13,15,20H,7,9,19H2. The van der Waals surface area contributed by atoms with Gasteiger partial charge in [0.25, 0.3) is 0 Å². The van der Waals surface area contributed by atoms with Crippen molar-refractivity contribution in [1.82, 2.24) is 5.43 Å². The highest BCUT2D eigenvalue weighted by Gasteiger charge is 2.31. The van der Waals surface area contributed by atoms with Crippen molar-refractivity contribution < 1.29 is 9.13 Å². The van der Waals surface area contributed by atoms with Crippen LogP contribution in [0.3, 0.4) is 0 Å². The minimum absolute atomic E-state index is 0.0793. The molecule has 0 radical (unpaired) electrons. The predicted octanol–water partition coefficient (Wildman–Crippen LogP) is 3.14. The fourth-order valence-corrected chi connectivity index (χ4v) is 3.10. The number of hydrogen-bond donors (Lipinski definition) is 2. The van der Waals surface area contributed by atoms with E-state index in [1.165, 1.54) is 6.07 Å². The van der Waals surface area contributed by atoms with Crippen LogP contribution < -0.4 is 16.0 Å². The molecule has 0 amide bonds. The Balaban J connectivity index is 1.83. The Kier molecular flexibility index (Phi) is 4.24. The molecule has 0 bridgehead atoms. The smallest absolute Gasteiger partial charge is 0.127 e. The van der Waals surface area contributed by atoms with Gasteiger partial charge < -0.3 is 4.74 Å². The molecule has 1 heterocycles. The molecule has 0 spiro atoms. The molecule has 3 N–H and O–H groups in total. The Morgan fingerprint density at radius 3 is 2.90 bits per heavy atom. The van der Waals surface area contributed by atoms with Crippen LogP contribution in [-0.4, -0.2) is 12.6 Å². The minimum atomic E-state index is -0.225. The van der Waals surface area contributed by atoms with Crippen molar-refractivity contribution in [2.75, 3.05) is 6.61 Å². The van der Waals surface area contributed by atoms with Gasteiger partial charge in [0.1, 0.15) is 11.6 Å². The summed E-state index contributed by atoms with van der Waals surface area (Å²) in [6.45, 7) is 0.562. The quantitative estimate of drug-likeness (QED) is 0.657. The third-order valence-electron chi connectivity index (χ3n) is 3.89. The zero-order chi connectivity index (χ0) is 14.8. The van der Waals surface area contributed by atoms with Crippen molar-refractivity contribution >= 4 is 15.9 Å². The summed E-state index contributed by atoms with van der Waals surface area (Å²) in [5.41, 5.74) is 4.58. The van der Waals surface area contributed by atoms with E-state index in [2.05, 4.69) is 21.4 Å². The highest BCUT2D eigenvalue weighted by atomic mass is 79.9. The van der Waals surface area contributed by atoms with Gasteiger partial charge in [-0.2, -0.15) is 0 Å². The number of nitrogens with two attached hydrogens (primary N) is 1. The van der Waals surface area contributed by atoms with Gasteiger partial charge in [-0.1, -0.05) is 40.2 Å². The Bertz CT molecular complexity index is 650. The number of fused-ring (bicyclic) bond motifs is 1. The number of ether oxygens (including phenoxy) is 1. The first-order chi connectivity index (χ1) is 10.2. The van der Waals surface area contributed by atoms with Crippen LogP contribution in [0.15, 0.2) is 46.9 Å². The summed E-state index contributed by atoms with van der Waals surface area (Å²) in [6, 6.07) is 12.9.